The van der Waals surface area contributed by atoms with E-state index < -0.39 is 0 Å². The first-order valence-electron chi connectivity index (χ1n) is 4.28. The maximum atomic E-state index is 5.99. The van der Waals surface area contributed by atoms with Crippen molar-refractivity contribution in [1.82, 2.24) is 0 Å². The molecule has 0 nitrogen and oxygen atoms in total. The van der Waals surface area contributed by atoms with Crippen LogP contribution in [0.3, 0.4) is 0 Å². The first-order chi connectivity index (χ1) is 6.15. The van der Waals surface area contributed by atoms with Crippen LogP contribution in [0.5, 0.6) is 0 Å². The summed E-state index contributed by atoms with van der Waals surface area (Å²) < 4.78 is 1.93. The second-order valence-electron chi connectivity index (χ2n) is 2.98. The van der Waals surface area contributed by atoms with Crippen molar-refractivity contribution in [3.05, 3.63) is 31.7 Å². The molecule has 13 heavy (non-hydrogen) atoms. The summed E-state index contributed by atoms with van der Waals surface area (Å²) in [5, 5.41) is 0.750. The van der Waals surface area contributed by atoms with Crippen molar-refractivity contribution < 1.29 is 0 Å². The zero-order chi connectivity index (χ0) is 9.84. The number of unbranched alkanes of at least 4 members (excludes halogenated alkanes) is 1. The minimum Gasteiger partial charge on any atom is -0.0819 e. The lowest BCUT2D eigenvalue weighted by atomic mass is 10.1. The zero-order valence-corrected chi connectivity index (χ0v) is 11.3. The molecular formula is C10H11Br2Cl. The van der Waals surface area contributed by atoms with Gasteiger partial charge < -0.3 is 0 Å². The number of hydrogen-bond acceptors (Lipinski definition) is 0. The third kappa shape index (κ3) is 3.26. The topological polar surface area (TPSA) is 0 Å². The van der Waals surface area contributed by atoms with Crippen LogP contribution in [0.2, 0.25) is 5.02 Å². The van der Waals surface area contributed by atoms with Crippen molar-refractivity contribution in [2.24, 2.45) is 0 Å². The van der Waals surface area contributed by atoms with E-state index in [0.29, 0.717) is 0 Å². The van der Waals surface area contributed by atoms with E-state index in [-0.39, 0.29) is 0 Å². The summed E-state index contributed by atoms with van der Waals surface area (Å²) in [5.41, 5.74) is 1.32. The Morgan fingerprint density at radius 3 is 2.23 bits per heavy atom. The Balaban J connectivity index is 2.86. The van der Waals surface area contributed by atoms with Gasteiger partial charge in [0.25, 0.3) is 0 Å². The van der Waals surface area contributed by atoms with E-state index >= 15 is 0 Å². The molecule has 0 amide bonds. The normalized spacial score (nSPS) is 10.5. The number of aryl methyl sites for hydroxylation is 1. The Morgan fingerprint density at radius 2 is 1.77 bits per heavy atom. The van der Waals surface area contributed by atoms with E-state index in [0.717, 1.165) is 20.4 Å². The molecule has 0 radical (unpaired) electrons. The molecule has 0 unspecified atom stereocenters. The predicted molar refractivity (Wildman–Crippen MR) is 65.5 cm³/mol. The van der Waals surface area contributed by atoms with Crippen molar-refractivity contribution in [2.75, 3.05) is 0 Å². The fourth-order valence-corrected chi connectivity index (χ4v) is 2.52. The molecular weight excluding hydrogens is 315 g/mol. The van der Waals surface area contributed by atoms with Crippen LogP contribution in [0.1, 0.15) is 25.3 Å². The summed E-state index contributed by atoms with van der Waals surface area (Å²) in [4.78, 5) is 0. The van der Waals surface area contributed by atoms with Gasteiger partial charge in [0.2, 0.25) is 0 Å². The van der Waals surface area contributed by atoms with Crippen molar-refractivity contribution in [3.63, 3.8) is 0 Å². The molecule has 0 aromatic heterocycles. The fraction of sp³-hybridized carbons (Fsp3) is 0.400. The molecule has 0 bridgehead atoms. The maximum absolute atomic E-state index is 5.99. The van der Waals surface area contributed by atoms with Crippen molar-refractivity contribution in [3.8, 4) is 0 Å². The second kappa shape index (κ2) is 5.38. The highest BCUT2D eigenvalue weighted by molar-refractivity contribution is 9.11. The van der Waals surface area contributed by atoms with Gasteiger partial charge in [0.1, 0.15) is 0 Å². The summed E-state index contributed by atoms with van der Waals surface area (Å²) in [6.07, 6.45) is 3.56. The molecule has 0 fully saturated rings. The van der Waals surface area contributed by atoms with Gasteiger partial charge in [0.05, 0.1) is 5.02 Å². The van der Waals surface area contributed by atoms with Gasteiger partial charge >= 0.3 is 0 Å². The Labute approximate surface area is 101 Å². The molecule has 0 aliphatic heterocycles. The number of benzene rings is 1. The van der Waals surface area contributed by atoms with E-state index in [2.05, 4.69) is 50.9 Å². The fourth-order valence-electron chi connectivity index (χ4n) is 1.13. The second-order valence-corrected chi connectivity index (χ2v) is 5.06. The van der Waals surface area contributed by atoms with Crippen LogP contribution in [0.15, 0.2) is 21.1 Å². The molecule has 0 aliphatic carbocycles. The van der Waals surface area contributed by atoms with Crippen LogP contribution < -0.4 is 0 Å². The van der Waals surface area contributed by atoms with Crippen molar-refractivity contribution >= 4 is 43.5 Å². The molecule has 0 aliphatic rings. The quantitative estimate of drug-likeness (QED) is 0.669. The van der Waals surface area contributed by atoms with Gasteiger partial charge in [0.15, 0.2) is 0 Å². The molecule has 1 aromatic carbocycles. The smallest absolute Gasteiger partial charge is 0.0690 e. The van der Waals surface area contributed by atoms with Crippen LogP contribution in [-0.4, -0.2) is 0 Å². The molecule has 0 saturated heterocycles. The third-order valence-electron chi connectivity index (χ3n) is 1.86. The molecule has 0 heterocycles. The highest BCUT2D eigenvalue weighted by atomic mass is 79.9. The maximum Gasteiger partial charge on any atom is 0.0690 e. The Kier molecular flexibility index (Phi) is 4.77. The molecule has 0 atom stereocenters. The summed E-state index contributed by atoms with van der Waals surface area (Å²) in [7, 11) is 0. The van der Waals surface area contributed by atoms with E-state index in [4.69, 9.17) is 11.6 Å². The van der Waals surface area contributed by atoms with Crippen LogP contribution in [0.25, 0.3) is 0 Å². The molecule has 0 spiro atoms. The minimum absolute atomic E-state index is 0.750. The summed E-state index contributed by atoms with van der Waals surface area (Å²) >= 11 is 12.8. The lowest BCUT2D eigenvalue weighted by Gasteiger charge is -2.04. The van der Waals surface area contributed by atoms with Gasteiger partial charge in [-0.2, -0.15) is 0 Å². The lowest BCUT2D eigenvalue weighted by molar-refractivity contribution is 0.794. The summed E-state index contributed by atoms with van der Waals surface area (Å²) in [5.74, 6) is 0. The van der Waals surface area contributed by atoms with Crippen molar-refractivity contribution in [1.29, 1.82) is 0 Å². The monoisotopic (exact) mass is 324 g/mol. The Hall–Kier alpha value is 0.470. The van der Waals surface area contributed by atoms with Gasteiger partial charge in [-0.25, -0.2) is 0 Å². The highest BCUT2D eigenvalue weighted by Gasteiger charge is 2.04. The Bertz CT molecular complexity index is 274. The number of halogens is 3. The van der Waals surface area contributed by atoms with Gasteiger partial charge in [-0.15, -0.1) is 0 Å². The molecule has 72 valence electrons. The summed E-state index contributed by atoms with van der Waals surface area (Å²) in [6.45, 7) is 2.19. The lowest BCUT2D eigenvalue weighted by Crippen LogP contribution is -1.86. The minimum atomic E-state index is 0.750. The average molecular weight is 326 g/mol. The molecule has 1 rings (SSSR count). The molecule has 1 aromatic rings. The number of rotatable bonds is 3. The van der Waals surface area contributed by atoms with Gasteiger partial charge in [-0.3, -0.25) is 0 Å². The predicted octanol–water partition coefficient (Wildman–Crippen LogP) is 5.21. The van der Waals surface area contributed by atoms with E-state index in [1.165, 1.54) is 18.4 Å². The van der Waals surface area contributed by atoms with Gasteiger partial charge in [-0.1, -0.05) is 24.9 Å². The summed E-state index contributed by atoms with van der Waals surface area (Å²) in [6, 6.07) is 4.17. The largest absolute Gasteiger partial charge is 0.0819 e. The van der Waals surface area contributed by atoms with Crippen LogP contribution in [0.4, 0.5) is 0 Å². The molecule has 3 heteroatoms. The number of hydrogen-bond donors (Lipinski definition) is 0. The first-order valence-corrected chi connectivity index (χ1v) is 6.25. The molecule has 0 N–H and O–H groups in total. The third-order valence-corrected chi connectivity index (χ3v) is 3.98. The average Bonchev–Trinajstić information content (AvgIpc) is 2.10. The van der Waals surface area contributed by atoms with Gasteiger partial charge in [0, 0.05) is 8.95 Å². The van der Waals surface area contributed by atoms with E-state index in [1.807, 2.05) is 0 Å². The van der Waals surface area contributed by atoms with Crippen LogP contribution in [-0.2, 0) is 6.42 Å². The van der Waals surface area contributed by atoms with Gasteiger partial charge in [-0.05, 0) is 62.4 Å². The Morgan fingerprint density at radius 1 is 1.23 bits per heavy atom. The van der Waals surface area contributed by atoms with Crippen LogP contribution in [0, 0.1) is 0 Å². The van der Waals surface area contributed by atoms with Crippen LogP contribution >= 0.6 is 43.5 Å². The zero-order valence-electron chi connectivity index (χ0n) is 7.41. The van der Waals surface area contributed by atoms with Crippen molar-refractivity contribution in [2.45, 2.75) is 26.2 Å². The first kappa shape index (κ1) is 11.5. The SMILES string of the molecule is CCCCc1cc(Br)c(Cl)c(Br)c1. The van der Waals surface area contributed by atoms with E-state index in [1.54, 1.807) is 0 Å². The highest BCUT2D eigenvalue weighted by Crippen LogP contribution is 2.32. The van der Waals surface area contributed by atoms with E-state index in [9.17, 15) is 0 Å². The standard InChI is InChI=1S/C10H11Br2Cl/c1-2-3-4-7-5-8(11)10(13)9(12)6-7/h5-6H,2-4H2,1H3. The molecule has 0 saturated carbocycles.